The average molecular weight is 160 g/mol. The van der Waals surface area contributed by atoms with Crippen LogP contribution in [0.5, 0.6) is 0 Å². The molecule has 0 heterocycles. The van der Waals surface area contributed by atoms with E-state index >= 15 is 0 Å². The normalized spacial score (nSPS) is 7.90. The first kappa shape index (κ1) is 16.8. The van der Waals surface area contributed by atoms with Gasteiger partial charge in [-0.1, -0.05) is 27.7 Å². The standard InChI is InChI=1S/2C4H9.Al.FH/c2*1-4(2)3;;/h2*4H,1H2,2-3H3;;1H/q2*-1;+3;/p-1. The van der Waals surface area contributed by atoms with Gasteiger partial charge in [0.25, 0.3) is 0 Å². The summed E-state index contributed by atoms with van der Waals surface area (Å²) >= 11 is 0.917. The Kier molecular flexibility index (Phi) is 27.3. The Morgan fingerprint density at radius 2 is 0.900 bits per heavy atom. The molecule has 0 saturated heterocycles. The van der Waals surface area contributed by atoms with Crippen LogP contribution >= 0.6 is 0 Å². The van der Waals surface area contributed by atoms with Crippen LogP contribution in [0.3, 0.4) is 0 Å². The van der Waals surface area contributed by atoms with Crippen molar-refractivity contribution in [2.75, 3.05) is 0 Å². The summed E-state index contributed by atoms with van der Waals surface area (Å²) in [5, 5.41) is 0. The molecule has 0 radical (unpaired) electrons. The first-order valence-electron chi connectivity index (χ1n) is 3.34. The maximum atomic E-state index is 9.42. The zero-order valence-corrected chi connectivity index (χ0v) is 8.68. The fourth-order valence-corrected chi connectivity index (χ4v) is 0. The zero-order valence-electron chi connectivity index (χ0n) is 7.52. The summed E-state index contributed by atoms with van der Waals surface area (Å²) in [5.41, 5.74) is 0. The summed E-state index contributed by atoms with van der Waals surface area (Å²) < 4.78 is 9.42. The molecular formula is C8H18AlF. The van der Waals surface area contributed by atoms with Crippen LogP contribution in [0.25, 0.3) is 0 Å². The molecule has 0 nitrogen and oxygen atoms in total. The maximum absolute atomic E-state index is 9.42. The molecule has 0 bridgehead atoms. The Hall–Kier alpha value is 0.462. The Labute approximate surface area is 74.1 Å². The topological polar surface area (TPSA) is 0 Å². The summed E-state index contributed by atoms with van der Waals surface area (Å²) in [4.78, 5) is 0. The van der Waals surface area contributed by atoms with E-state index in [9.17, 15) is 3.52 Å². The molecule has 10 heavy (non-hydrogen) atoms. The SMILES string of the molecule is [CH2-]C(C)C.[CH2-]C(C)C.[F][Al+2]. The van der Waals surface area contributed by atoms with Crippen LogP contribution in [0, 0.1) is 25.7 Å². The summed E-state index contributed by atoms with van der Waals surface area (Å²) in [6, 6.07) is 0. The van der Waals surface area contributed by atoms with Gasteiger partial charge in [-0.25, -0.2) is 0 Å². The minimum atomic E-state index is 0.583. The predicted molar refractivity (Wildman–Crippen MR) is 47.3 cm³/mol. The van der Waals surface area contributed by atoms with Crippen LogP contribution < -0.4 is 0 Å². The van der Waals surface area contributed by atoms with Gasteiger partial charge >= 0.3 is 20.3 Å². The van der Waals surface area contributed by atoms with E-state index in [2.05, 4.69) is 41.5 Å². The Morgan fingerprint density at radius 1 is 0.900 bits per heavy atom. The fraction of sp³-hybridized carbons (Fsp3) is 0.750. The molecule has 0 spiro atoms. The second-order valence-corrected chi connectivity index (χ2v) is 2.79. The molecular weight excluding hydrogens is 142 g/mol. The van der Waals surface area contributed by atoms with Gasteiger partial charge in [0.2, 0.25) is 0 Å². The third kappa shape index (κ3) is 2200. The molecule has 0 rings (SSSR count). The molecule has 0 N–H and O–H groups in total. The Bertz CT molecular complexity index is 24.7. The van der Waals surface area contributed by atoms with Crippen molar-refractivity contribution in [2.45, 2.75) is 27.7 Å². The molecule has 60 valence electrons. The van der Waals surface area contributed by atoms with Crippen LogP contribution in [-0.4, -0.2) is 16.7 Å². The van der Waals surface area contributed by atoms with Gasteiger partial charge in [0.05, 0.1) is 0 Å². The van der Waals surface area contributed by atoms with Crippen molar-refractivity contribution < 1.29 is 3.52 Å². The monoisotopic (exact) mass is 160 g/mol. The van der Waals surface area contributed by atoms with Crippen molar-refractivity contribution >= 4 is 16.7 Å². The molecule has 0 aromatic carbocycles. The van der Waals surface area contributed by atoms with E-state index in [1.807, 2.05) is 0 Å². The minimum absolute atomic E-state index is 0.583. The van der Waals surface area contributed by atoms with E-state index in [1.54, 1.807) is 0 Å². The molecule has 0 atom stereocenters. The van der Waals surface area contributed by atoms with E-state index in [-0.39, 0.29) is 0 Å². The van der Waals surface area contributed by atoms with Crippen LogP contribution in [0.1, 0.15) is 27.7 Å². The first-order valence-corrected chi connectivity index (χ1v) is 3.78. The molecule has 0 amide bonds. The van der Waals surface area contributed by atoms with Crippen LogP contribution in [0.4, 0.5) is 3.52 Å². The number of hydrogen-bond acceptors (Lipinski definition) is 0. The van der Waals surface area contributed by atoms with Gasteiger partial charge in [-0.15, -0.1) is 0 Å². The summed E-state index contributed by atoms with van der Waals surface area (Å²) in [6.45, 7) is 15.5. The molecule has 0 fully saturated rings. The molecule has 0 aliphatic heterocycles. The molecule has 0 aliphatic rings. The van der Waals surface area contributed by atoms with E-state index < -0.39 is 0 Å². The van der Waals surface area contributed by atoms with E-state index in [0.717, 1.165) is 16.7 Å². The second-order valence-electron chi connectivity index (χ2n) is 2.79. The van der Waals surface area contributed by atoms with Gasteiger partial charge in [0.15, 0.2) is 0 Å². The van der Waals surface area contributed by atoms with E-state index in [4.69, 9.17) is 0 Å². The van der Waals surface area contributed by atoms with Gasteiger partial charge in [0.1, 0.15) is 0 Å². The van der Waals surface area contributed by atoms with Crippen molar-refractivity contribution in [1.82, 2.24) is 0 Å². The quantitative estimate of drug-likeness (QED) is 0.377. The Balaban J connectivity index is -0.0000000787. The fourth-order valence-electron chi connectivity index (χ4n) is 0. The van der Waals surface area contributed by atoms with Crippen LogP contribution in [0.15, 0.2) is 0 Å². The number of hydrogen-bond donors (Lipinski definition) is 0. The average Bonchev–Trinajstić information content (AvgIpc) is 1.66. The molecule has 0 saturated carbocycles. The van der Waals surface area contributed by atoms with Crippen molar-refractivity contribution in [2.24, 2.45) is 11.8 Å². The molecule has 2 heteroatoms. The van der Waals surface area contributed by atoms with Crippen molar-refractivity contribution in [3.05, 3.63) is 13.8 Å². The van der Waals surface area contributed by atoms with Crippen molar-refractivity contribution in [3.63, 3.8) is 0 Å². The third-order valence-electron chi connectivity index (χ3n) is 0. The van der Waals surface area contributed by atoms with Gasteiger partial charge in [0, 0.05) is 0 Å². The molecule has 0 aliphatic carbocycles. The summed E-state index contributed by atoms with van der Waals surface area (Å²) in [7, 11) is 0. The summed E-state index contributed by atoms with van der Waals surface area (Å²) in [5.74, 6) is 1.17. The van der Waals surface area contributed by atoms with Gasteiger partial charge in [-0.3, -0.25) is 0 Å². The van der Waals surface area contributed by atoms with Crippen molar-refractivity contribution in [3.8, 4) is 0 Å². The number of rotatable bonds is 0. The van der Waals surface area contributed by atoms with Gasteiger partial charge < -0.3 is 13.8 Å². The van der Waals surface area contributed by atoms with Crippen LogP contribution in [0.2, 0.25) is 0 Å². The zero-order chi connectivity index (χ0) is 9.15. The second kappa shape index (κ2) is 16.2. The molecule has 0 aromatic heterocycles. The number of halogens is 1. The van der Waals surface area contributed by atoms with Crippen LogP contribution in [-0.2, 0) is 0 Å². The van der Waals surface area contributed by atoms with E-state index in [1.165, 1.54) is 0 Å². The summed E-state index contributed by atoms with van der Waals surface area (Å²) in [6.07, 6.45) is 0. The van der Waals surface area contributed by atoms with Crippen molar-refractivity contribution in [1.29, 1.82) is 0 Å². The molecule has 0 aromatic rings. The van der Waals surface area contributed by atoms with Gasteiger partial charge in [-0.2, -0.15) is 11.8 Å². The molecule has 0 unspecified atom stereocenters. The third-order valence-corrected chi connectivity index (χ3v) is 0. The first-order chi connectivity index (χ1) is 4.46. The van der Waals surface area contributed by atoms with E-state index in [0.29, 0.717) is 11.8 Å². The van der Waals surface area contributed by atoms with Gasteiger partial charge in [-0.05, 0) is 0 Å². The Morgan fingerprint density at radius 3 is 0.900 bits per heavy atom. The predicted octanol–water partition coefficient (Wildman–Crippen LogP) is 2.99.